The number of hydrogen-bond donors (Lipinski definition) is 1. The van der Waals surface area contributed by atoms with Crippen molar-refractivity contribution in [1.82, 2.24) is 5.16 Å². The number of fused-ring (bicyclic) bond motifs is 1. The molecule has 0 saturated carbocycles. The Bertz CT molecular complexity index is 595. The van der Waals surface area contributed by atoms with Crippen LogP contribution in [0, 0.1) is 6.92 Å². The number of ether oxygens (including phenoxy) is 2. The lowest BCUT2D eigenvalue weighted by atomic mass is 10.1. The van der Waals surface area contributed by atoms with E-state index in [2.05, 4.69) is 21.1 Å². The standard InChI is InChI=1S/C11H9BrN2O3/c1-5-6(7-3-9(13)14-17-7)2-8-11(10(5)12)16-4-15-8/h2-3H,4H2,1H3,(H2,13,14). The van der Waals surface area contributed by atoms with Crippen LogP contribution in [0.5, 0.6) is 11.5 Å². The van der Waals surface area contributed by atoms with E-state index in [0.29, 0.717) is 17.3 Å². The van der Waals surface area contributed by atoms with Crippen LogP contribution in [0.25, 0.3) is 11.3 Å². The van der Waals surface area contributed by atoms with Crippen molar-refractivity contribution in [2.24, 2.45) is 0 Å². The molecule has 0 amide bonds. The molecule has 0 bridgehead atoms. The number of halogens is 1. The van der Waals surface area contributed by atoms with Crippen molar-refractivity contribution in [3.05, 3.63) is 22.2 Å². The molecule has 2 aromatic rings. The Morgan fingerprint density at radius 3 is 2.88 bits per heavy atom. The molecule has 1 aliphatic heterocycles. The smallest absolute Gasteiger partial charge is 0.231 e. The molecule has 6 heteroatoms. The molecule has 5 nitrogen and oxygen atoms in total. The third-order valence-corrected chi connectivity index (χ3v) is 3.60. The maximum absolute atomic E-state index is 5.54. The number of nitrogen functional groups attached to an aromatic ring is 1. The van der Waals surface area contributed by atoms with Crippen LogP contribution in [-0.4, -0.2) is 11.9 Å². The molecule has 0 atom stereocenters. The van der Waals surface area contributed by atoms with Crippen molar-refractivity contribution in [3.8, 4) is 22.8 Å². The lowest BCUT2D eigenvalue weighted by Crippen LogP contribution is -1.93. The third kappa shape index (κ3) is 1.56. The van der Waals surface area contributed by atoms with Gasteiger partial charge in [-0.15, -0.1) is 0 Å². The van der Waals surface area contributed by atoms with Gasteiger partial charge in [0.05, 0.1) is 4.47 Å². The van der Waals surface area contributed by atoms with E-state index in [0.717, 1.165) is 21.3 Å². The van der Waals surface area contributed by atoms with Crippen LogP contribution in [0.2, 0.25) is 0 Å². The van der Waals surface area contributed by atoms with Crippen LogP contribution in [0.1, 0.15) is 5.56 Å². The molecule has 88 valence electrons. The highest BCUT2D eigenvalue weighted by atomic mass is 79.9. The van der Waals surface area contributed by atoms with Gasteiger partial charge in [-0.25, -0.2) is 0 Å². The van der Waals surface area contributed by atoms with Crippen LogP contribution in [0.3, 0.4) is 0 Å². The molecule has 0 saturated heterocycles. The molecule has 17 heavy (non-hydrogen) atoms. The van der Waals surface area contributed by atoms with Crippen LogP contribution in [-0.2, 0) is 0 Å². The summed E-state index contributed by atoms with van der Waals surface area (Å²) >= 11 is 3.49. The first-order valence-electron chi connectivity index (χ1n) is 4.98. The van der Waals surface area contributed by atoms with Crippen LogP contribution in [0.15, 0.2) is 21.1 Å². The zero-order valence-corrected chi connectivity index (χ0v) is 10.6. The Morgan fingerprint density at radius 1 is 1.35 bits per heavy atom. The molecule has 0 radical (unpaired) electrons. The van der Waals surface area contributed by atoms with Gasteiger partial charge in [-0.3, -0.25) is 0 Å². The topological polar surface area (TPSA) is 70.5 Å². The molecular formula is C11H9BrN2O3. The molecule has 1 aliphatic rings. The van der Waals surface area contributed by atoms with Crippen molar-refractivity contribution in [2.45, 2.75) is 6.92 Å². The summed E-state index contributed by atoms with van der Waals surface area (Å²) in [5.74, 6) is 2.37. The maximum Gasteiger partial charge on any atom is 0.231 e. The highest BCUT2D eigenvalue weighted by Gasteiger charge is 2.23. The molecule has 1 aromatic carbocycles. The summed E-state index contributed by atoms with van der Waals surface area (Å²) < 4.78 is 16.7. The second kappa shape index (κ2) is 3.66. The molecule has 0 unspecified atom stereocenters. The number of benzene rings is 1. The number of hydrogen-bond acceptors (Lipinski definition) is 5. The van der Waals surface area contributed by atoms with Crippen molar-refractivity contribution in [1.29, 1.82) is 0 Å². The number of nitrogens with two attached hydrogens (primary N) is 1. The lowest BCUT2D eigenvalue weighted by Gasteiger charge is -2.07. The summed E-state index contributed by atoms with van der Waals surface area (Å²) in [5.41, 5.74) is 7.42. The second-order valence-corrected chi connectivity index (χ2v) is 4.51. The van der Waals surface area contributed by atoms with Gasteiger partial charge in [-0.1, -0.05) is 5.16 Å². The quantitative estimate of drug-likeness (QED) is 0.876. The van der Waals surface area contributed by atoms with Crippen LogP contribution in [0.4, 0.5) is 5.82 Å². The first-order valence-corrected chi connectivity index (χ1v) is 5.77. The van der Waals surface area contributed by atoms with Gasteiger partial charge >= 0.3 is 0 Å². The predicted octanol–water partition coefficient (Wildman–Crippen LogP) is 2.72. The molecular weight excluding hydrogens is 288 g/mol. The maximum atomic E-state index is 5.54. The van der Waals surface area contributed by atoms with Gasteiger partial charge in [0.2, 0.25) is 6.79 Å². The number of anilines is 1. The summed E-state index contributed by atoms with van der Waals surface area (Å²) in [6.07, 6.45) is 0. The summed E-state index contributed by atoms with van der Waals surface area (Å²) in [6.45, 7) is 2.19. The average molecular weight is 297 g/mol. The van der Waals surface area contributed by atoms with E-state index in [1.165, 1.54) is 0 Å². The molecule has 2 N–H and O–H groups in total. The van der Waals surface area contributed by atoms with E-state index >= 15 is 0 Å². The van der Waals surface area contributed by atoms with E-state index in [1.807, 2.05) is 13.0 Å². The van der Waals surface area contributed by atoms with Crippen LogP contribution >= 0.6 is 15.9 Å². The monoisotopic (exact) mass is 296 g/mol. The summed E-state index contributed by atoms with van der Waals surface area (Å²) in [5, 5.41) is 3.67. The van der Waals surface area contributed by atoms with E-state index in [4.69, 9.17) is 19.7 Å². The van der Waals surface area contributed by atoms with Crippen molar-refractivity contribution < 1.29 is 14.0 Å². The fraction of sp³-hybridized carbons (Fsp3) is 0.182. The Hall–Kier alpha value is -1.69. The predicted molar refractivity (Wildman–Crippen MR) is 64.9 cm³/mol. The van der Waals surface area contributed by atoms with Gasteiger partial charge in [0.15, 0.2) is 23.1 Å². The molecule has 1 aromatic heterocycles. The zero-order chi connectivity index (χ0) is 12.0. The van der Waals surface area contributed by atoms with Gasteiger partial charge in [0.1, 0.15) is 0 Å². The lowest BCUT2D eigenvalue weighted by molar-refractivity contribution is 0.173. The summed E-state index contributed by atoms with van der Waals surface area (Å²) in [6, 6.07) is 3.54. The Morgan fingerprint density at radius 2 is 2.18 bits per heavy atom. The third-order valence-electron chi connectivity index (χ3n) is 2.64. The van der Waals surface area contributed by atoms with Gasteiger partial charge in [-0.05, 0) is 34.5 Å². The fourth-order valence-corrected chi connectivity index (χ4v) is 2.29. The van der Waals surface area contributed by atoms with Gasteiger partial charge < -0.3 is 19.7 Å². The normalized spacial score (nSPS) is 13.1. The first kappa shape index (κ1) is 10.5. The number of aromatic nitrogens is 1. The van der Waals surface area contributed by atoms with Crippen molar-refractivity contribution >= 4 is 21.7 Å². The minimum atomic E-state index is 0.232. The van der Waals surface area contributed by atoms with E-state index in [1.54, 1.807) is 6.07 Å². The second-order valence-electron chi connectivity index (χ2n) is 3.71. The molecule has 0 fully saturated rings. The highest BCUT2D eigenvalue weighted by Crippen LogP contribution is 2.45. The van der Waals surface area contributed by atoms with Crippen molar-refractivity contribution in [2.75, 3.05) is 12.5 Å². The highest BCUT2D eigenvalue weighted by molar-refractivity contribution is 9.10. The summed E-state index contributed by atoms with van der Waals surface area (Å²) in [4.78, 5) is 0. The van der Waals surface area contributed by atoms with E-state index < -0.39 is 0 Å². The van der Waals surface area contributed by atoms with E-state index in [9.17, 15) is 0 Å². The molecule has 3 rings (SSSR count). The Kier molecular flexibility index (Phi) is 2.25. The molecule has 2 heterocycles. The summed E-state index contributed by atoms with van der Waals surface area (Å²) in [7, 11) is 0. The largest absolute Gasteiger partial charge is 0.454 e. The average Bonchev–Trinajstić information content (AvgIpc) is 2.91. The van der Waals surface area contributed by atoms with Gasteiger partial charge in [-0.2, -0.15) is 0 Å². The fourth-order valence-electron chi connectivity index (χ4n) is 1.77. The molecule has 0 aliphatic carbocycles. The van der Waals surface area contributed by atoms with Crippen molar-refractivity contribution in [3.63, 3.8) is 0 Å². The van der Waals surface area contributed by atoms with E-state index in [-0.39, 0.29) is 6.79 Å². The number of nitrogens with zero attached hydrogens (tertiary/aromatic N) is 1. The Balaban J connectivity index is 2.21. The van der Waals surface area contributed by atoms with Gasteiger partial charge in [0, 0.05) is 11.6 Å². The minimum absolute atomic E-state index is 0.232. The SMILES string of the molecule is Cc1c(-c2cc(N)no2)cc2c(c1Br)OCO2. The zero-order valence-electron chi connectivity index (χ0n) is 8.99. The first-order chi connectivity index (χ1) is 8.16. The van der Waals surface area contributed by atoms with Crippen LogP contribution < -0.4 is 15.2 Å². The minimum Gasteiger partial charge on any atom is -0.454 e. The Labute approximate surface area is 106 Å². The van der Waals surface area contributed by atoms with Gasteiger partial charge in [0.25, 0.3) is 0 Å². The molecule has 0 spiro atoms. The number of rotatable bonds is 1.